The molecule has 1 atom stereocenters. The van der Waals surface area contributed by atoms with Crippen LogP contribution in [0.3, 0.4) is 0 Å². The summed E-state index contributed by atoms with van der Waals surface area (Å²) in [4.78, 5) is 53.9. The molecule has 0 bridgehead atoms. The molecule has 1 unspecified atom stereocenters. The van der Waals surface area contributed by atoms with E-state index >= 15 is 0 Å². The van der Waals surface area contributed by atoms with Gasteiger partial charge in [-0.05, 0) is 93.8 Å². The van der Waals surface area contributed by atoms with E-state index in [0.717, 1.165) is 74.1 Å². The molecule has 268 valence electrons. The van der Waals surface area contributed by atoms with Crippen molar-refractivity contribution in [1.82, 2.24) is 29.0 Å². The normalized spacial score (nSPS) is 22.6. The molecule has 0 spiro atoms. The van der Waals surface area contributed by atoms with Crippen molar-refractivity contribution in [3.05, 3.63) is 58.5 Å². The van der Waals surface area contributed by atoms with Gasteiger partial charge >= 0.3 is 11.8 Å². The van der Waals surface area contributed by atoms with Gasteiger partial charge in [0.05, 0.1) is 15.9 Å². The highest BCUT2D eigenvalue weighted by Gasteiger charge is 2.35. The summed E-state index contributed by atoms with van der Waals surface area (Å²) in [5.41, 5.74) is 3.36. The van der Waals surface area contributed by atoms with E-state index in [1.807, 2.05) is 18.2 Å². The molecule has 3 aromatic rings. The lowest BCUT2D eigenvalue weighted by Crippen LogP contribution is -2.47. The van der Waals surface area contributed by atoms with Crippen LogP contribution in [0.5, 0.6) is 0 Å². The first-order chi connectivity index (χ1) is 24.0. The number of likely N-dealkylation sites (tertiary alicyclic amines) is 1. The molecule has 4 aliphatic rings. The molecule has 4 saturated heterocycles. The number of rotatable bonds is 7. The van der Waals surface area contributed by atoms with Crippen molar-refractivity contribution in [2.75, 3.05) is 44.2 Å². The first-order valence-corrected chi connectivity index (χ1v) is 19.1. The number of carboxylic acid groups (broad SMARTS) is 1. The van der Waals surface area contributed by atoms with E-state index in [1.165, 1.54) is 4.31 Å². The van der Waals surface area contributed by atoms with E-state index in [0.29, 0.717) is 25.3 Å². The van der Waals surface area contributed by atoms with E-state index in [4.69, 9.17) is 5.11 Å². The quantitative estimate of drug-likeness (QED) is 0.313. The second-order valence-electron chi connectivity index (χ2n) is 14.0. The highest BCUT2D eigenvalue weighted by molar-refractivity contribution is 7.89. The van der Waals surface area contributed by atoms with Crippen LogP contribution in [0.15, 0.2) is 52.2 Å². The molecule has 2 aromatic carbocycles. The van der Waals surface area contributed by atoms with Gasteiger partial charge in [0.25, 0.3) is 0 Å². The zero-order valence-electron chi connectivity index (χ0n) is 28.3. The van der Waals surface area contributed by atoms with Crippen LogP contribution in [0.4, 0.5) is 10.5 Å². The Morgan fingerprint density at radius 3 is 2.26 bits per heavy atom. The molecule has 0 saturated carbocycles. The molecule has 3 N–H and O–H groups in total. The summed E-state index contributed by atoms with van der Waals surface area (Å²) < 4.78 is 31.6. The first-order valence-electron chi connectivity index (χ1n) is 17.6. The van der Waals surface area contributed by atoms with E-state index in [9.17, 15) is 27.6 Å². The van der Waals surface area contributed by atoms with Crippen LogP contribution in [0, 0.1) is 0 Å². The average molecular weight is 708 g/mol. The summed E-state index contributed by atoms with van der Waals surface area (Å²) in [6, 6.07) is 12.6. The van der Waals surface area contributed by atoms with Crippen molar-refractivity contribution < 1.29 is 27.9 Å². The number of nitrogens with one attached hydrogen (secondary N) is 2. The number of imidazole rings is 1. The molecule has 1 aromatic heterocycles. The Balaban J connectivity index is 0.965. The third kappa shape index (κ3) is 6.53. The van der Waals surface area contributed by atoms with Gasteiger partial charge in [-0.1, -0.05) is 18.2 Å². The van der Waals surface area contributed by atoms with Crippen molar-refractivity contribution >= 4 is 44.7 Å². The summed E-state index contributed by atoms with van der Waals surface area (Å²) in [5, 5.41) is 13.8. The summed E-state index contributed by atoms with van der Waals surface area (Å²) in [5.74, 6) is -0.454. The van der Waals surface area contributed by atoms with E-state index in [1.54, 1.807) is 34.4 Å². The number of piperidine rings is 4. The third-order valence-electron chi connectivity index (χ3n) is 11.2. The summed E-state index contributed by atoms with van der Waals surface area (Å²) >= 11 is 0. The Bertz CT molecular complexity index is 1950. The largest absolute Gasteiger partial charge is 0.465 e. The molecule has 50 heavy (non-hydrogen) atoms. The minimum atomic E-state index is -3.69. The van der Waals surface area contributed by atoms with Crippen molar-refractivity contribution in [2.45, 2.75) is 80.3 Å². The van der Waals surface area contributed by atoms with Gasteiger partial charge in [0.1, 0.15) is 6.04 Å². The van der Waals surface area contributed by atoms with Crippen LogP contribution >= 0.6 is 0 Å². The predicted octanol–water partition coefficient (Wildman–Crippen LogP) is 2.59. The maximum Gasteiger partial charge on any atom is 0.404 e. The van der Waals surface area contributed by atoms with Crippen LogP contribution in [0.25, 0.3) is 11.0 Å². The van der Waals surface area contributed by atoms with Crippen molar-refractivity contribution in [1.29, 1.82) is 0 Å². The number of anilines is 1. The van der Waals surface area contributed by atoms with Crippen LogP contribution in [0.1, 0.15) is 68.9 Å². The van der Waals surface area contributed by atoms with Gasteiger partial charge in [0, 0.05) is 57.4 Å². The summed E-state index contributed by atoms with van der Waals surface area (Å²) in [7, 11) is -1.93. The maximum absolute atomic E-state index is 13.5. The SMILES string of the molecule is Cn1c(=O)n(C2CCC(=O)NC2=O)c2cccc(C3CCN(C4CCN(c5cccc(S(=O)(=O)N6CCC(NC(=O)O)CC6)c5)CC4)CC3)c21. The Kier molecular flexibility index (Phi) is 9.48. The van der Waals surface area contributed by atoms with Gasteiger partial charge in [-0.15, -0.1) is 0 Å². The lowest BCUT2D eigenvalue weighted by atomic mass is 9.87. The highest BCUT2D eigenvalue weighted by atomic mass is 32.2. The van der Waals surface area contributed by atoms with E-state index in [-0.39, 0.29) is 48.0 Å². The fourth-order valence-corrected chi connectivity index (χ4v) is 10.0. The topological polar surface area (TPSA) is 166 Å². The maximum atomic E-state index is 13.5. The number of amides is 3. The van der Waals surface area contributed by atoms with Crippen LogP contribution in [-0.4, -0.2) is 101 Å². The number of carbonyl (C=O) groups is 3. The van der Waals surface area contributed by atoms with E-state index < -0.39 is 28.1 Å². The third-order valence-corrected chi connectivity index (χ3v) is 13.1. The molecule has 15 heteroatoms. The molecule has 7 rings (SSSR count). The van der Waals surface area contributed by atoms with Gasteiger partial charge in [0.15, 0.2) is 0 Å². The van der Waals surface area contributed by atoms with Crippen LogP contribution < -0.4 is 21.2 Å². The number of fused-ring (bicyclic) bond motifs is 1. The number of aromatic nitrogens is 2. The Morgan fingerprint density at radius 1 is 0.880 bits per heavy atom. The smallest absolute Gasteiger partial charge is 0.404 e. The molecule has 4 aliphatic heterocycles. The second kappa shape index (κ2) is 13.8. The van der Waals surface area contributed by atoms with Crippen LogP contribution in [0.2, 0.25) is 0 Å². The standard InChI is InChI=1S/C35H45N7O7S/c1-38-32-28(6-3-7-29(32)42(35(38)47)30-8-9-31(43)37-33(30)44)23-10-16-39(17-11-23)25-14-18-40(19-15-25)26-4-2-5-27(22-26)50(48,49)41-20-12-24(13-21-41)36-34(45)46/h2-7,22-25,30,36H,8-21H2,1H3,(H,45,46)(H,37,43,44). The summed E-state index contributed by atoms with van der Waals surface area (Å²) in [6.45, 7) is 4.11. The second-order valence-corrected chi connectivity index (χ2v) is 16.0. The fraction of sp³-hybridized carbons (Fsp3) is 0.543. The van der Waals surface area contributed by atoms with Crippen LogP contribution in [-0.2, 0) is 26.7 Å². The highest BCUT2D eigenvalue weighted by Crippen LogP contribution is 2.36. The van der Waals surface area contributed by atoms with E-state index in [2.05, 4.69) is 26.5 Å². The lowest BCUT2D eigenvalue weighted by molar-refractivity contribution is -0.135. The van der Waals surface area contributed by atoms with Crippen molar-refractivity contribution in [3.63, 3.8) is 0 Å². The average Bonchev–Trinajstić information content (AvgIpc) is 3.37. The number of imide groups is 1. The minimum Gasteiger partial charge on any atom is -0.465 e. The zero-order valence-corrected chi connectivity index (χ0v) is 29.1. The number of aryl methyl sites for hydroxylation is 1. The molecule has 3 amide bonds. The lowest BCUT2D eigenvalue weighted by Gasteiger charge is -2.42. The molecule has 4 fully saturated rings. The monoisotopic (exact) mass is 707 g/mol. The van der Waals surface area contributed by atoms with Crippen molar-refractivity contribution in [3.8, 4) is 0 Å². The number of hydrogen-bond acceptors (Lipinski definition) is 8. The van der Waals surface area contributed by atoms with Crippen molar-refractivity contribution in [2.24, 2.45) is 7.05 Å². The van der Waals surface area contributed by atoms with Gasteiger partial charge in [0.2, 0.25) is 21.8 Å². The Hall–Kier alpha value is -4.21. The number of sulfonamides is 1. The summed E-state index contributed by atoms with van der Waals surface area (Å²) in [6.07, 6.45) is 4.20. The fourth-order valence-electron chi connectivity index (χ4n) is 8.50. The first kappa shape index (κ1) is 34.2. The zero-order chi connectivity index (χ0) is 35.2. The Morgan fingerprint density at radius 2 is 1.58 bits per heavy atom. The van der Waals surface area contributed by atoms with Gasteiger partial charge < -0.3 is 20.2 Å². The van der Waals surface area contributed by atoms with Gasteiger partial charge in [-0.25, -0.2) is 18.0 Å². The van der Waals surface area contributed by atoms with Gasteiger partial charge in [-0.2, -0.15) is 4.31 Å². The number of benzene rings is 2. The molecule has 0 radical (unpaired) electrons. The minimum absolute atomic E-state index is 0.209. The number of nitrogens with zero attached hydrogens (tertiary/aromatic N) is 5. The molecular weight excluding hydrogens is 662 g/mol. The van der Waals surface area contributed by atoms with Gasteiger partial charge in [-0.3, -0.25) is 24.0 Å². The Labute approximate surface area is 291 Å². The molecule has 0 aliphatic carbocycles. The molecule has 5 heterocycles. The number of para-hydroxylation sites is 1. The predicted molar refractivity (Wildman–Crippen MR) is 187 cm³/mol. The number of carbonyl (C=O) groups excluding carboxylic acids is 2. The molecule has 14 nitrogen and oxygen atoms in total. The molecular formula is C35H45N7O7S. The number of hydrogen-bond donors (Lipinski definition) is 3.